The Labute approximate surface area is 154 Å². The van der Waals surface area contributed by atoms with Crippen LogP contribution in [-0.2, 0) is 12.0 Å². The van der Waals surface area contributed by atoms with Crippen LogP contribution in [0, 0.1) is 0 Å². The maximum atomic E-state index is 13.2. The zero-order chi connectivity index (χ0) is 19.5. The average molecular weight is 370 g/mol. The van der Waals surface area contributed by atoms with Crippen LogP contribution in [0.1, 0.15) is 35.3 Å². The van der Waals surface area contributed by atoms with Gasteiger partial charge in [-0.05, 0) is 32.4 Å². The number of carbonyl (C=O) groups excluding carboxylic acids is 1. The van der Waals surface area contributed by atoms with Gasteiger partial charge in [-0.15, -0.1) is 0 Å². The van der Waals surface area contributed by atoms with E-state index < -0.39 is 23.4 Å². The van der Waals surface area contributed by atoms with Crippen molar-refractivity contribution in [1.29, 1.82) is 0 Å². The molecule has 0 saturated carbocycles. The number of phenolic OH excluding ortho intramolecular Hbond substituents is 3. The number of fused-ring (bicyclic) bond motifs is 4. The number of benzene rings is 2. The third-order valence-electron chi connectivity index (χ3n) is 4.82. The van der Waals surface area contributed by atoms with Crippen LogP contribution in [0.5, 0.6) is 28.7 Å². The zero-order valence-electron chi connectivity index (χ0n) is 14.7. The van der Waals surface area contributed by atoms with Crippen molar-refractivity contribution in [1.82, 2.24) is 0 Å². The molecule has 7 nitrogen and oxygen atoms in total. The molecule has 2 unspecified atom stereocenters. The molecule has 0 fully saturated rings. The minimum atomic E-state index is -2.17. The first-order valence-corrected chi connectivity index (χ1v) is 8.38. The second-order valence-corrected chi connectivity index (χ2v) is 6.93. The summed E-state index contributed by atoms with van der Waals surface area (Å²) in [6.45, 7) is 3.74. The first-order valence-electron chi connectivity index (χ1n) is 8.38. The molecule has 0 radical (unpaired) electrons. The number of hydrogen-bond donors (Lipinski definition) is 4. The van der Waals surface area contributed by atoms with Crippen LogP contribution >= 0.6 is 0 Å². The second kappa shape index (κ2) is 5.65. The summed E-state index contributed by atoms with van der Waals surface area (Å²) in [6.07, 6.45) is 0.615. The van der Waals surface area contributed by atoms with E-state index in [9.17, 15) is 25.2 Å². The molecular weight excluding hydrogens is 352 g/mol. The quantitative estimate of drug-likeness (QED) is 0.600. The Morgan fingerprint density at radius 2 is 1.85 bits per heavy atom. The topological polar surface area (TPSA) is 116 Å². The molecule has 0 aliphatic carbocycles. The third kappa shape index (κ3) is 2.35. The highest BCUT2D eigenvalue weighted by Gasteiger charge is 2.60. The number of carbonyl (C=O) groups is 1. The third-order valence-corrected chi connectivity index (χ3v) is 4.82. The van der Waals surface area contributed by atoms with Gasteiger partial charge in [-0.2, -0.15) is 0 Å². The summed E-state index contributed by atoms with van der Waals surface area (Å²) in [5.41, 5.74) is -1.10. The minimum Gasteiger partial charge on any atom is -0.508 e. The van der Waals surface area contributed by atoms with Crippen molar-refractivity contribution >= 4 is 5.78 Å². The first-order chi connectivity index (χ1) is 12.7. The molecule has 2 aliphatic rings. The zero-order valence-corrected chi connectivity index (χ0v) is 14.7. The van der Waals surface area contributed by atoms with Crippen LogP contribution < -0.4 is 9.47 Å². The fraction of sp³-hybridized carbons (Fsp3) is 0.250. The molecule has 2 atom stereocenters. The molecule has 0 bridgehead atoms. The van der Waals surface area contributed by atoms with Crippen LogP contribution in [0.4, 0.5) is 0 Å². The molecule has 7 heteroatoms. The van der Waals surface area contributed by atoms with Gasteiger partial charge in [-0.1, -0.05) is 11.6 Å². The van der Waals surface area contributed by atoms with Crippen LogP contribution in [0.3, 0.4) is 0 Å². The summed E-state index contributed by atoms with van der Waals surface area (Å²) >= 11 is 0. The van der Waals surface area contributed by atoms with Gasteiger partial charge in [0.2, 0.25) is 11.4 Å². The van der Waals surface area contributed by atoms with Gasteiger partial charge in [-0.3, -0.25) is 4.79 Å². The molecule has 0 saturated heterocycles. The normalized spacial score (nSPS) is 22.2. The molecule has 2 aromatic rings. The van der Waals surface area contributed by atoms with E-state index in [2.05, 4.69) is 0 Å². The Kier molecular flexibility index (Phi) is 3.61. The number of aromatic hydroxyl groups is 3. The number of phenols is 3. The Balaban J connectivity index is 1.87. The summed E-state index contributed by atoms with van der Waals surface area (Å²) < 4.78 is 11.1. The van der Waals surface area contributed by atoms with Gasteiger partial charge in [0.15, 0.2) is 0 Å². The van der Waals surface area contributed by atoms with Crippen molar-refractivity contribution in [3.63, 3.8) is 0 Å². The molecule has 4 N–H and O–H groups in total. The number of aliphatic hydroxyl groups is 1. The van der Waals surface area contributed by atoms with E-state index in [1.807, 2.05) is 13.8 Å². The maximum Gasteiger partial charge on any atom is 0.281 e. The molecule has 27 heavy (non-hydrogen) atoms. The van der Waals surface area contributed by atoms with Crippen molar-refractivity contribution < 1.29 is 34.7 Å². The van der Waals surface area contributed by atoms with E-state index in [1.54, 1.807) is 6.08 Å². The van der Waals surface area contributed by atoms with Crippen molar-refractivity contribution in [2.45, 2.75) is 32.2 Å². The predicted octanol–water partition coefficient (Wildman–Crippen LogP) is 2.49. The van der Waals surface area contributed by atoms with E-state index in [0.717, 1.165) is 5.57 Å². The molecule has 0 amide bonds. The fourth-order valence-electron chi connectivity index (χ4n) is 3.39. The lowest BCUT2D eigenvalue weighted by Gasteiger charge is -2.33. The highest BCUT2D eigenvalue weighted by molar-refractivity contribution is 6.09. The van der Waals surface area contributed by atoms with E-state index in [1.165, 1.54) is 24.3 Å². The summed E-state index contributed by atoms with van der Waals surface area (Å²) in [5, 5.41) is 41.6. The molecule has 2 aromatic carbocycles. The summed E-state index contributed by atoms with van der Waals surface area (Å²) in [5.74, 6) is -1.53. The predicted molar refractivity (Wildman–Crippen MR) is 94.3 cm³/mol. The lowest BCUT2D eigenvalue weighted by atomic mass is 9.83. The van der Waals surface area contributed by atoms with Gasteiger partial charge in [0.05, 0.1) is 0 Å². The number of rotatable bonds is 2. The van der Waals surface area contributed by atoms with Gasteiger partial charge < -0.3 is 29.9 Å². The Morgan fingerprint density at radius 3 is 2.56 bits per heavy atom. The number of Topliss-reactive ketones (excluding diaryl/α,β-unsaturated/α-hetero) is 1. The van der Waals surface area contributed by atoms with Crippen LogP contribution in [0.2, 0.25) is 0 Å². The van der Waals surface area contributed by atoms with Crippen molar-refractivity contribution in [3.8, 4) is 28.7 Å². The number of allylic oxidation sites excluding steroid dienone is 2. The molecular formula is C20H18O7. The van der Waals surface area contributed by atoms with Crippen LogP contribution in [-0.4, -0.2) is 32.5 Å². The Morgan fingerprint density at radius 1 is 1.15 bits per heavy atom. The minimum absolute atomic E-state index is 0.0809. The number of ketones is 1. The molecule has 0 aromatic heterocycles. The van der Waals surface area contributed by atoms with E-state index >= 15 is 0 Å². The van der Waals surface area contributed by atoms with E-state index in [4.69, 9.17) is 9.47 Å². The summed E-state index contributed by atoms with van der Waals surface area (Å²) in [4.78, 5) is 13.2. The molecule has 140 valence electrons. The molecule has 0 spiro atoms. The van der Waals surface area contributed by atoms with E-state index in [0.29, 0.717) is 0 Å². The lowest BCUT2D eigenvalue weighted by Crippen LogP contribution is -2.51. The SMILES string of the molecule is CC(C)=CCc1c(O)cc2c(c1O)C(=O)C1(O)c3ccc(O)cc3OC1O2. The van der Waals surface area contributed by atoms with E-state index in [-0.39, 0.29) is 46.1 Å². The lowest BCUT2D eigenvalue weighted by molar-refractivity contribution is -0.118. The number of hydrogen-bond acceptors (Lipinski definition) is 7. The molecule has 2 heterocycles. The Hall–Kier alpha value is -3.19. The largest absolute Gasteiger partial charge is 0.508 e. The highest BCUT2D eigenvalue weighted by Crippen LogP contribution is 2.52. The first kappa shape index (κ1) is 17.2. The average Bonchev–Trinajstić information content (AvgIpc) is 2.86. The smallest absolute Gasteiger partial charge is 0.281 e. The van der Waals surface area contributed by atoms with Gasteiger partial charge in [0, 0.05) is 23.3 Å². The van der Waals surface area contributed by atoms with Crippen molar-refractivity contribution in [2.24, 2.45) is 0 Å². The maximum absolute atomic E-state index is 13.2. The summed E-state index contributed by atoms with van der Waals surface area (Å²) in [7, 11) is 0. The summed E-state index contributed by atoms with van der Waals surface area (Å²) in [6, 6.07) is 5.19. The number of ether oxygens (including phenoxy) is 2. The van der Waals surface area contributed by atoms with Crippen LogP contribution in [0.15, 0.2) is 35.9 Å². The van der Waals surface area contributed by atoms with Crippen molar-refractivity contribution in [2.75, 3.05) is 0 Å². The molecule has 2 aliphatic heterocycles. The second-order valence-electron chi connectivity index (χ2n) is 6.93. The fourth-order valence-corrected chi connectivity index (χ4v) is 3.39. The van der Waals surface area contributed by atoms with Gasteiger partial charge in [-0.25, -0.2) is 0 Å². The monoisotopic (exact) mass is 370 g/mol. The van der Waals surface area contributed by atoms with Gasteiger partial charge >= 0.3 is 0 Å². The van der Waals surface area contributed by atoms with Crippen LogP contribution in [0.25, 0.3) is 0 Å². The highest BCUT2D eigenvalue weighted by atomic mass is 16.7. The molecule has 4 rings (SSSR count). The van der Waals surface area contributed by atoms with Gasteiger partial charge in [0.25, 0.3) is 6.29 Å². The standard InChI is InChI=1S/C20H18O7/c1-9(2)3-5-11-13(22)8-15-16(17(11)23)18(24)20(25)12-6-4-10(21)7-14(12)26-19(20)27-15/h3-4,6-8,19,21-23,25H,5H2,1-2H3. The van der Waals surface area contributed by atoms with Gasteiger partial charge in [0.1, 0.15) is 34.3 Å². The van der Waals surface area contributed by atoms with Crippen molar-refractivity contribution in [3.05, 3.63) is 52.6 Å². The Bertz CT molecular complexity index is 1000.